The maximum absolute atomic E-state index is 12.4. The number of hydrogen-bond acceptors (Lipinski definition) is 4. The summed E-state index contributed by atoms with van der Waals surface area (Å²) >= 11 is 3.28. The molecule has 1 aromatic carbocycles. The number of ether oxygens (including phenoxy) is 1. The Kier molecular flexibility index (Phi) is 3.96. The fourth-order valence-corrected chi connectivity index (χ4v) is 3.99. The zero-order valence-electron chi connectivity index (χ0n) is 9.97. The van der Waals surface area contributed by atoms with Gasteiger partial charge in [0, 0.05) is 23.6 Å². The van der Waals surface area contributed by atoms with E-state index in [0.29, 0.717) is 29.9 Å². The molecule has 1 aromatic rings. The van der Waals surface area contributed by atoms with Gasteiger partial charge in [0.05, 0.1) is 6.61 Å². The van der Waals surface area contributed by atoms with Gasteiger partial charge in [-0.1, -0.05) is 15.9 Å². The molecule has 1 fully saturated rings. The first kappa shape index (κ1) is 13.8. The molecular weight excluding hydrogens is 320 g/mol. The van der Waals surface area contributed by atoms with E-state index in [2.05, 4.69) is 15.9 Å². The van der Waals surface area contributed by atoms with Crippen molar-refractivity contribution >= 4 is 26.0 Å². The predicted octanol–water partition coefficient (Wildman–Crippen LogP) is 1.18. The van der Waals surface area contributed by atoms with Crippen LogP contribution in [-0.2, 0) is 10.0 Å². The quantitative estimate of drug-likeness (QED) is 0.897. The highest BCUT2D eigenvalue weighted by Crippen LogP contribution is 2.31. The minimum Gasteiger partial charge on any atom is -0.492 e. The molecule has 0 saturated carbocycles. The van der Waals surface area contributed by atoms with Crippen LogP contribution >= 0.6 is 15.9 Å². The van der Waals surface area contributed by atoms with Crippen LogP contribution in [0.3, 0.4) is 0 Å². The minimum atomic E-state index is -3.51. The minimum absolute atomic E-state index is 0.0672. The zero-order chi connectivity index (χ0) is 13.3. The highest BCUT2D eigenvalue weighted by molar-refractivity contribution is 9.10. The lowest BCUT2D eigenvalue weighted by atomic mass is 10.2. The number of sulfonamides is 1. The second-order valence-corrected chi connectivity index (χ2v) is 6.93. The summed E-state index contributed by atoms with van der Waals surface area (Å²) in [7, 11) is -3.51. The molecule has 0 amide bonds. The van der Waals surface area contributed by atoms with Crippen molar-refractivity contribution in [1.29, 1.82) is 0 Å². The first-order valence-electron chi connectivity index (χ1n) is 5.63. The largest absolute Gasteiger partial charge is 0.492 e. The molecule has 0 bridgehead atoms. The number of halogens is 1. The van der Waals surface area contributed by atoms with E-state index in [-0.39, 0.29) is 10.9 Å². The summed E-state index contributed by atoms with van der Waals surface area (Å²) in [6.45, 7) is 2.96. The lowest BCUT2D eigenvalue weighted by molar-refractivity contribution is 0.263. The molecule has 1 aliphatic rings. The normalized spacial score (nSPS) is 17.5. The van der Waals surface area contributed by atoms with Gasteiger partial charge in [0.15, 0.2) is 0 Å². The Bertz CT molecular complexity index is 541. The molecule has 1 aliphatic heterocycles. The van der Waals surface area contributed by atoms with Crippen LogP contribution in [0, 0.1) is 0 Å². The maximum atomic E-state index is 12.4. The van der Waals surface area contributed by atoms with Crippen molar-refractivity contribution in [2.24, 2.45) is 5.73 Å². The van der Waals surface area contributed by atoms with Crippen LogP contribution < -0.4 is 10.5 Å². The fraction of sp³-hybridized carbons (Fsp3) is 0.455. The summed E-state index contributed by atoms with van der Waals surface area (Å²) in [5, 5.41) is 0. The van der Waals surface area contributed by atoms with Gasteiger partial charge in [-0.2, -0.15) is 4.31 Å². The Labute approximate surface area is 115 Å². The van der Waals surface area contributed by atoms with Crippen LogP contribution in [0.5, 0.6) is 5.75 Å². The summed E-state index contributed by atoms with van der Waals surface area (Å²) < 4.78 is 32.2. The number of hydrogen-bond donors (Lipinski definition) is 1. The van der Waals surface area contributed by atoms with E-state index in [4.69, 9.17) is 10.5 Å². The van der Waals surface area contributed by atoms with Gasteiger partial charge in [0.1, 0.15) is 10.6 Å². The molecule has 2 rings (SSSR count). The molecule has 5 nitrogen and oxygen atoms in total. The van der Waals surface area contributed by atoms with E-state index < -0.39 is 10.0 Å². The Morgan fingerprint density at radius 1 is 1.50 bits per heavy atom. The molecule has 0 aromatic heterocycles. The molecule has 0 unspecified atom stereocenters. The number of nitrogens with two attached hydrogens (primary N) is 1. The SMILES string of the molecule is CCOc1ccc(Br)cc1S(=O)(=O)N1CC(N)C1. The van der Waals surface area contributed by atoms with Gasteiger partial charge < -0.3 is 10.5 Å². The molecule has 0 atom stereocenters. The summed E-state index contributed by atoms with van der Waals surface area (Å²) in [6, 6.07) is 4.90. The van der Waals surface area contributed by atoms with Gasteiger partial charge in [-0.25, -0.2) is 8.42 Å². The molecule has 2 N–H and O–H groups in total. The third-order valence-electron chi connectivity index (χ3n) is 2.70. The first-order chi connectivity index (χ1) is 8.45. The van der Waals surface area contributed by atoms with Crippen molar-refractivity contribution in [1.82, 2.24) is 4.31 Å². The summed E-state index contributed by atoms with van der Waals surface area (Å²) in [6.07, 6.45) is 0. The average molecular weight is 335 g/mol. The van der Waals surface area contributed by atoms with Gasteiger partial charge in [-0.05, 0) is 25.1 Å². The molecule has 0 aliphatic carbocycles. The number of rotatable bonds is 4. The Morgan fingerprint density at radius 2 is 2.17 bits per heavy atom. The van der Waals surface area contributed by atoms with Crippen LogP contribution in [0.4, 0.5) is 0 Å². The van der Waals surface area contributed by atoms with E-state index in [0.717, 1.165) is 0 Å². The first-order valence-corrected chi connectivity index (χ1v) is 7.86. The lowest BCUT2D eigenvalue weighted by Gasteiger charge is -2.35. The van der Waals surface area contributed by atoms with Crippen molar-refractivity contribution < 1.29 is 13.2 Å². The van der Waals surface area contributed by atoms with Crippen LogP contribution in [0.1, 0.15) is 6.92 Å². The second-order valence-electron chi connectivity index (χ2n) is 4.11. The molecule has 1 heterocycles. The third-order valence-corrected chi connectivity index (χ3v) is 5.05. The van der Waals surface area contributed by atoms with Crippen molar-refractivity contribution in [2.45, 2.75) is 17.9 Å². The molecule has 0 spiro atoms. The van der Waals surface area contributed by atoms with E-state index >= 15 is 0 Å². The average Bonchev–Trinajstić information content (AvgIpc) is 2.27. The Hall–Kier alpha value is -0.630. The van der Waals surface area contributed by atoms with Gasteiger partial charge >= 0.3 is 0 Å². The standard InChI is InChI=1S/C11H15BrN2O3S/c1-2-17-10-4-3-8(12)5-11(10)18(15,16)14-6-9(13)7-14/h3-5,9H,2,6-7,13H2,1H3. The van der Waals surface area contributed by atoms with Crippen molar-refractivity contribution in [3.8, 4) is 5.75 Å². The monoisotopic (exact) mass is 334 g/mol. The number of benzene rings is 1. The molecule has 18 heavy (non-hydrogen) atoms. The van der Waals surface area contributed by atoms with Crippen molar-refractivity contribution in [3.63, 3.8) is 0 Å². The van der Waals surface area contributed by atoms with E-state index in [9.17, 15) is 8.42 Å². The van der Waals surface area contributed by atoms with Crippen molar-refractivity contribution in [2.75, 3.05) is 19.7 Å². The number of nitrogens with zero attached hydrogens (tertiary/aromatic N) is 1. The Balaban J connectivity index is 2.39. The van der Waals surface area contributed by atoms with Crippen molar-refractivity contribution in [3.05, 3.63) is 22.7 Å². The van der Waals surface area contributed by atoms with Gasteiger partial charge in [-0.15, -0.1) is 0 Å². The van der Waals surface area contributed by atoms with Crippen LogP contribution in [0.2, 0.25) is 0 Å². The molecule has 0 radical (unpaired) electrons. The fourth-order valence-electron chi connectivity index (χ4n) is 1.76. The zero-order valence-corrected chi connectivity index (χ0v) is 12.4. The van der Waals surface area contributed by atoms with Gasteiger partial charge in [0.25, 0.3) is 0 Å². The van der Waals surface area contributed by atoms with E-state index in [1.54, 1.807) is 18.2 Å². The highest BCUT2D eigenvalue weighted by atomic mass is 79.9. The van der Waals surface area contributed by atoms with Crippen LogP contribution in [-0.4, -0.2) is 38.5 Å². The maximum Gasteiger partial charge on any atom is 0.246 e. The summed E-state index contributed by atoms with van der Waals surface area (Å²) in [5.41, 5.74) is 5.62. The van der Waals surface area contributed by atoms with Gasteiger partial charge in [-0.3, -0.25) is 0 Å². The molecule has 1 saturated heterocycles. The third kappa shape index (κ3) is 2.54. The summed E-state index contributed by atoms with van der Waals surface area (Å²) in [5.74, 6) is 0.376. The molecular formula is C11H15BrN2O3S. The van der Waals surface area contributed by atoms with E-state index in [1.807, 2.05) is 6.92 Å². The van der Waals surface area contributed by atoms with Gasteiger partial charge in [0.2, 0.25) is 10.0 Å². The molecule has 100 valence electrons. The second kappa shape index (κ2) is 5.16. The molecule has 7 heteroatoms. The Morgan fingerprint density at radius 3 is 2.72 bits per heavy atom. The lowest BCUT2D eigenvalue weighted by Crippen LogP contribution is -2.57. The smallest absolute Gasteiger partial charge is 0.246 e. The summed E-state index contributed by atoms with van der Waals surface area (Å²) in [4.78, 5) is 0.186. The van der Waals surface area contributed by atoms with Crippen LogP contribution in [0.15, 0.2) is 27.6 Å². The predicted molar refractivity (Wildman–Crippen MR) is 72.0 cm³/mol. The van der Waals surface area contributed by atoms with Crippen LogP contribution in [0.25, 0.3) is 0 Å². The highest BCUT2D eigenvalue weighted by Gasteiger charge is 2.36. The van der Waals surface area contributed by atoms with E-state index in [1.165, 1.54) is 4.31 Å². The topological polar surface area (TPSA) is 72.6 Å².